The van der Waals surface area contributed by atoms with Crippen LogP contribution in [0.15, 0.2) is 103 Å². The van der Waals surface area contributed by atoms with E-state index in [1.165, 1.54) is 0 Å². The maximum atomic E-state index is 11.1. The number of aromatic nitrogens is 1. The number of nitrogens with zero attached hydrogens (tertiary/aromatic N) is 1. The Hall–Kier alpha value is -3.92. The zero-order valence-electron chi connectivity index (χ0n) is 18.0. The van der Waals surface area contributed by atoms with Crippen LogP contribution in [0.3, 0.4) is 0 Å². The van der Waals surface area contributed by atoms with Crippen LogP contribution >= 0.6 is 0 Å². The molecule has 0 fully saturated rings. The molecule has 0 saturated heterocycles. The highest BCUT2D eigenvalue weighted by Gasteiger charge is 2.36. The molecule has 160 valence electrons. The van der Waals surface area contributed by atoms with Crippen LogP contribution in [0.25, 0.3) is 0 Å². The number of rotatable bonds is 8. The van der Waals surface area contributed by atoms with Crippen molar-refractivity contribution in [2.24, 2.45) is 0 Å². The molecular weight excluding hydrogens is 396 g/mol. The third-order valence-electron chi connectivity index (χ3n) is 5.55. The van der Waals surface area contributed by atoms with E-state index in [1.807, 2.05) is 73.7 Å². The van der Waals surface area contributed by atoms with E-state index < -0.39 is 11.5 Å². The summed E-state index contributed by atoms with van der Waals surface area (Å²) in [5, 5.41) is 12.9. The van der Waals surface area contributed by atoms with Crippen LogP contribution in [0.2, 0.25) is 0 Å². The summed E-state index contributed by atoms with van der Waals surface area (Å²) in [6.45, 7) is 2.01. The maximum Gasteiger partial charge on any atom is 0.303 e. The molecule has 1 heterocycles. The molecule has 0 aliphatic rings. The number of carboxylic acid groups (broad SMARTS) is 1. The minimum Gasteiger partial charge on any atom is -0.481 e. The molecule has 0 bridgehead atoms. The van der Waals surface area contributed by atoms with Crippen LogP contribution in [0.1, 0.15) is 34.4 Å². The van der Waals surface area contributed by atoms with Gasteiger partial charge in [-0.15, -0.1) is 0 Å². The molecule has 32 heavy (non-hydrogen) atoms. The Balaban J connectivity index is 1.90. The van der Waals surface area contributed by atoms with Gasteiger partial charge >= 0.3 is 5.97 Å². The van der Waals surface area contributed by atoms with Crippen molar-refractivity contribution in [3.8, 4) is 0 Å². The minimum atomic E-state index is -0.824. The molecule has 0 radical (unpaired) electrons. The molecule has 2 N–H and O–H groups in total. The molecule has 0 amide bonds. The number of hydrogen-bond acceptors (Lipinski definition) is 3. The van der Waals surface area contributed by atoms with Crippen molar-refractivity contribution < 1.29 is 9.90 Å². The monoisotopic (exact) mass is 422 g/mol. The maximum absolute atomic E-state index is 11.1. The molecule has 0 unspecified atom stereocenters. The van der Waals surface area contributed by atoms with Gasteiger partial charge in [0, 0.05) is 12.1 Å². The molecular formula is C28H26N2O2. The summed E-state index contributed by atoms with van der Waals surface area (Å²) >= 11 is 0. The molecule has 0 aliphatic heterocycles. The van der Waals surface area contributed by atoms with Crippen molar-refractivity contribution in [3.05, 3.63) is 131 Å². The second-order valence-corrected chi connectivity index (χ2v) is 7.89. The zero-order chi connectivity index (χ0) is 22.4. The lowest BCUT2D eigenvalue weighted by Crippen LogP contribution is -2.38. The van der Waals surface area contributed by atoms with Crippen molar-refractivity contribution >= 4 is 11.8 Å². The summed E-state index contributed by atoms with van der Waals surface area (Å²) in [5.41, 5.74) is 4.39. The van der Waals surface area contributed by atoms with Crippen molar-refractivity contribution in [2.75, 3.05) is 5.32 Å². The molecule has 1 aromatic heterocycles. The number of carboxylic acids is 1. The third kappa shape index (κ3) is 4.54. The Labute approximate surface area is 188 Å². The van der Waals surface area contributed by atoms with Gasteiger partial charge in [0.1, 0.15) is 11.4 Å². The van der Waals surface area contributed by atoms with E-state index in [9.17, 15) is 4.79 Å². The lowest BCUT2D eigenvalue weighted by molar-refractivity contribution is -0.136. The molecule has 4 aromatic rings. The Kier molecular flexibility index (Phi) is 6.31. The first kappa shape index (κ1) is 21.3. The van der Waals surface area contributed by atoms with Gasteiger partial charge in [0.25, 0.3) is 0 Å². The van der Waals surface area contributed by atoms with Crippen LogP contribution in [0.4, 0.5) is 5.82 Å². The lowest BCUT2D eigenvalue weighted by Gasteiger charge is -2.37. The molecule has 0 spiro atoms. The quantitative estimate of drug-likeness (QED) is 0.352. The van der Waals surface area contributed by atoms with Crippen LogP contribution in [0, 0.1) is 6.92 Å². The van der Waals surface area contributed by atoms with E-state index in [2.05, 4.69) is 41.7 Å². The van der Waals surface area contributed by atoms with E-state index in [-0.39, 0.29) is 6.42 Å². The van der Waals surface area contributed by atoms with Crippen molar-refractivity contribution in [1.82, 2.24) is 4.98 Å². The van der Waals surface area contributed by atoms with Gasteiger partial charge in [-0.25, -0.2) is 4.98 Å². The average molecular weight is 423 g/mol. The van der Waals surface area contributed by atoms with Crippen LogP contribution in [0.5, 0.6) is 0 Å². The number of aliphatic carboxylic acids is 1. The standard InChI is InChI=1S/C28H26N2O2/c1-21-19-25(17-18-27(31)32)29-26(20-21)30-28(22-11-5-2-6-12-22,23-13-7-3-8-14-23)24-15-9-4-10-16-24/h2-16,19-20H,17-18H2,1H3,(H,29,30)(H,31,32). The van der Waals surface area contributed by atoms with Gasteiger partial charge in [-0.05, 0) is 41.3 Å². The SMILES string of the molecule is Cc1cc(CCC(=O)O)nc(NC(c2ccccc2)(c2ccccc2)c2ccccc2)c1. The van der Waals surface area contributed by atoms with Gasteiger partial charge in [0.15, 0.2) is 0 Å². The topological polar surface area (TPSA) is 62.2 Å². The number of nitrogens with one attached hydrogen (secondary N) is 1. The summed E-state index contributed by atoms with van der Waals surface area (Å²) in [6, 6.07) is 35.0. The molecule has 3 aromatic carbocycles. The highest BCUT2D eigenvalue weighted by atomic mass is 16.4. The molecule has 4 nitrogen and oxygen atoms in total. The van der Waals surface area contributed by atoms with E-state index >= 15 is 0 Å². The van der Waals surface area contributed by atoms with Crippen molar-refractivity contribution in [2.45, 2.75) is 25.3 Å². The Morgan fingerprint density at radius 3 is 1.72 bits per heavy atom. The average Bonchev–Trinajstić information content (AvgIpc) is 2.83. The van der Waals surface area contributed by atoms with Gasteiger partial charge in [0.05, 0.1) is 6.42 Å². The van der Waals surface area contributed by atoms with Gasteiger partial charge in [-0.3, -0.25) is 4.79 Å². The molecule has 4 heteroatoms. The Bertz CT molecular complexity index is 1080. The molecule has 0 atom stereocenters. The number of carbonyl (C=O) groups is 1. The summed E-state index contributed by atoms with van der Waals surface area (Å²) < 4.78 is 0. The largest absolute Gasteiger partial charge is 0.481 e. The summed E-state index contributed by atoms with van der Waals surface area (Å²) in [5.74, 6) is -0.114. The normalized spacial score (nSPS) is 11.2. The van der Waals surface area contributed by atoms with Crippen molar-refractivity contribution in [1.29, 1.82) is 0 Å². The third-order valence-corrected chi connectivity index (χ3v) is 5.55. The van der Waals surface area contributed by atoms with E-state index in [1.54, 1.807) is 0 Å². The highest BCUT2D eigenvalue weighted by Crippen LogP contribution is 2.39. The fourth-order valence-corrected chi connectivity index (χ4v) is 4.14. The molecule has 4 rings (SSSR count). The summed E-state index contributed by atoms with van der Waals surface area (Å²) in [7, 11) is 0. The predicted molar refractivity (Wildman–Crippen MR) is 128 cm³/mol. The second-order valence-electron chi connectivity index (χ2n) is 7.89. The van der Waals surface area contributed by atoms with Crippen molar-refractivity contribution in [3.63, 3.8) is 0 Å². The van der Waals surface area contributed by atoms with Crippen LogP contribution in [-0.4, -0.2) is 16.1 Å². The number of benzene rings is 3. The first-order valence-electron chi connectivity index (χ1n) is 10.7. The number of anilines is 1. The number of hydrogen-bond donors (Lipinski definition) is 2. The van der Waals surface area contributed by atoms with E-state index in [0.717, 1.165) is 27.9 Å². The fourth-order valence-electron chi connectivity index (χ4n) is 4.14. The van der Waals surface area contributed by atoms with Crippen LogP contribution < -0.4 is 5.32 Å². The highest BCUT2D eigenvalue weighted by molar-refractivity contribution is 5.67. The first-order valence-corrected chi connectivity index (χ1v) is 10.7. The molecule has 0 aliphatic carbocycles. The number of pyridine rings is 1. The fraction of sp³-hybridized carbons (Fsp3) is 0.143. The number of aryl methyl sites for hydroxylation is 2. The second kappa shape index (κ2) is 9.48. The van der Waals surface area contributed by atoms with E-state index in [0.29, 0.717) is 12.2 Å². The Morgan fingerprint density at radius 1 is 0.812 bits per heavy atom. The zero-order valence-corrected chi connectivity index (χ0v) is 18.0. The lowest BCUT2D eigenvalue weighted by atomic mass is 9.77. The van der Waals surface area contributed by atoms with Gasteiger partial charge in [-0.1, -0.05) is 91.0 Å². The first-order chi connectivity index (χ1) is 15.6. The summed E-state index contributed by atoms with van der Waals surface area (Å²) in [6.07, 6.45) is 0.442. The van der Waals surface area contributed by atoms with Gasteiger partial charge < -0.3 is 10.4 Å². The Morgan fingerprint density at radius 2 is 1.28 bits per heavy atom. The summed E-state index contributed by atoms with van der Waals surface area (Å²) in [4.78, 5) is 15.9. The van der Waals surface area contributed by atoms with Gasteiger partial charge in [-0.2, -0.15) is 0 Å². The molecule has 0 saturated carbocycles. The van der Waals surface area contributed by atoms with Crippen LogP contribution in [-0.2, 0) is 16.8 Å². The minimum absolute atomic E-state index is 0.0527. The van der Waals surface area contributed by atoms with Gasteiger partial charge in [0.2, 0.25) is 0 Å². The predicted octanol–water partition coefficient (Wildman–Crippen LogP) is 5.81. The van der Waals surface area contributed by atoms with E-state index in [4.69, 9.17) is 10.1 Å². The smallest absolute Gasteiger partial charge is 0.303 e.